The van der Waals surface area contributed by atoms with Crippen LogP contribution in [0.15, 0.2) is 22.8 Å². The van der Waals surface area contributed by atoms with Gasteiger partial charge in [0.2, 0.25) is 5.13 Å². The largest absolute Gasteiger partial charge is 0.465 e. The van der Waals surface area contributed by atoms with E-state index >= 15 is 0 Å². The molecule has 0 saturated carbocycles. The van der Waals surface area contributed by atoms with Gasteiger partial charge in [-0.05, 0) is 44.3 Å². The fourth-order valence-corrected chi connectivity index (χ4v) is 2.95. The van der Waals surface area contributed by atoms with Crippen LogP contribution in [0.2, 0.25) is 0 Å². The number of amides is 2. The van der Waals surface area contributed by atoms with Gasteiger partial charge < -0.3 is 14.2 Å². The molecule has 0 atom stereocenters. The van der Waals surface area contributed by atoms with E-state index in [4.69, 9.17) is 4.42 Å². The molecule has 2 aromatic heterocycles. The summed E-state index contributed by atoms with van der Waals surface area (Å²) in [7, 11) is 2.07. The van der Waals surface area contributed by atoms with Crippen LogP contribution in [0.25, 0.3) is 12.2 Å². The molecule has 122 valence electrons. The molecular formula is C15H19N5O2S. The molecule has 0 radical (unpaired) electrons. The molecule has 8 heteroatoms. The zero-order valence-corrected chi connectivity index (χ0v) is 13.8. The van der Waals surface area contributed by atoms with E-state index in [0.29, 0.717) is 10.1 Å². The highest BCUT2D eigenvalue weighted by Gasteiger charge is 2.18. The van der Waals surface area contributed by atoms with Gasteiger partial charge in [-0.15, -0.1) is 10.2 Å². The lowest BCUT2D eigenvalue weighted by Crippen LogP contribution is -2.37. The first-order chi connectivity index (χ1) is 11.2. The average molecular weight is 333 g/mol. The van der Waals surface area contributed by atoms with Gasteiger partial charge >= 0.3 is 6.03 Å². The van der Waals surface area contributed by atoms with E-state index in [9.17, 15) is 4.79 Å². The summed E-state index contributed by atoms with van der Waals surface area (Å²) in [5.74, 6) is 0.750. The molecule has 2 aromatic rings. The van der Waals surface area contributed by atoms with Crippen LogP contribution >= 0.6 is 11.3 Å². The van der Waals surface area contributed by atoms with Gasteiger partial charge in [-0.2, -0.15) is 0 Å². The number of carbonyl (C=O) groups excluding carboxylic acids is 1. The molecule has 1 fully saturated rings. The van der Waals surface area contributed by atoms with Crippen molar-refractivity contribution < 1.29 is 9.21 Å². The molecule has 0 aromatic carbocycles. The Labute approximate surface area is 138 Å². The quantitative estimate of drug-likeness (QED) is 0.934. The Balaban J connectivity index is 1.57. The summed E-state index contributed by atoms with van der Waals surface area (Å²) in [5.41, 5.74) is 0. The van der Waals surface area contributed by atoms with Crippen LogP contribution in [-0.2, 0) is 0 Å². The number of hydrogen-bond donors (Lipinski definition) is 1. The van der Waals surface area contributed by atoms with Crippen LogP contribution in [0.5, 0.6) is 0 Å². The van der Waals surface area contributed by atoms with Crippen molar-refractivity contribution >= 4 is 34.7 Å². The Bertz CT molecular complexity index is 667. The van der Waals surface area contributed by atoms with Gasteiger partial charge in [-0.25, -0.2) is 4.79 Å². The molecule has 23 heavy (non-hydrogen) atoms. The molecule has 1 aliphatic heterocycles. The van der Waals surface area contributed by atoms with Crippen LogP contribution in [0.3, 0.4) is 0 Å². The van der Waals surface area contributed by atoms with Gasteiger partial charge in [0.1, 0.15) is 10.8 Å². The SMILES string of the molecule is CN1CCCN(C(=O)Nc2nnc(C=Cc3ccco3)s2)CC1. The summed E-state index contributed by atoms with van der Waals surface area (Å²) < 4.78 is 5.22. The van der Waals surface area contributed by atoms with Crippen LogP contribution in [0.1, 0.15) is 17.2 Å². The van der Waals surface area contributed by atoms with Crippen LogP contribution in [0, 0.1) is 0 Å². The Morgan fingerprint density at radius 1 is 1.30 bits per heavy atom. The number of nitrogens with zero attached hydrogens (tertiary/aromatic N) is 4. The fourth-order valence-electron chi connectivity index (χ4n) is 2.31. The maximum absolute atomic E-state index is 12.3. The molecule has 1 saturated heterocycles. The number of carbonyl (C=O) groups is 1. The van der Waals surface area contributed by atoms with Crippen molar-refractivity contribution in [2.24, 2.45) is 0 Å². The highest BCUT2D eigenvalue weighted by molar-refractivity contribution is 7.16. The maximum Gasteiger partial charge on any atom is 0.323 e. The minimum Gasteiger partial charge on any atom is -0.465 e. The minimum atomic E-state index is -0.113. The normalized spacial score (nSPS) is 16.7. The lowest BCUT2D eigenvalue weighted by Gasteiger charge is -2.19. The van der Waals surface area contributed by atoms with Gasteiger partial charge in [0.15, 0.2) is 0 Å². The van der Waals surface area contributed by atoms with E-state index in [-0.39, 0.29) is 6.03 Å². The Kier molecular flexibility index (Phi) is 5.04. The second-order valence-electron chi connectivity index (χ2n) is 5.37. The number of urea groups is 1. The average Bonchev–Trinajstić information content (AvgIpc) is 3.15. The molecule has 0 bridgehead atoms. The lowest BCUT2D eigenvalue weighted by atomic mass is 10.4. The van der Waals surface area contributed by atoms with Crippen molar-refractivity contribution in [2.75, 3.05) is 38.5 Å². The first-order valence-corrected chi connectivity index (χ1v) is 8.32. The number of aromatic nitrogens is 2. The number of likely N-dealkylation sites (N-methyl/N-ethyl adjacent to an activating group) is 1. The Morgan fingerprint density at radius 3 is 3.04 bits per heavy atom. The predicted molar refractivity (Wildman–Crippen MR) is 90.3 cm³/mol. The highest BCUT2D eigenvalue weighted by atomic mass is 32.1. The summed E-state index contributed by atoms with van der Waals surface area (Å²) in [6, 6.07) is 3.57. The first kappa shape index (κ1) is 15.7. The van der Waals surface area contributed by atoms with Gasteiger partial charge in [0.25, 0.3) is 0 Å². The zero-order valence-electron chi connectivity index (χ0n) is 12.9. The number of rotatable bonds is 3. The van der Waals surface area contributed by atoms with Crippen molar-refractivity contribution in [3.05, 3.63) is 29.2 Å². The van der Waals surface area contributed by atoms with E-state index < -0.39 is 0 Å². The minimum absolute atomic E-state index is 0.113. The number of hydrogen-bond acceptors (Lipinski definition) is 6. The number of anilines is 1. The van der Waals surface area contributed by atoms with Gasteiger partial charge in [-0.3, -0.25) is 5.32 Å². The zero-order chi connectivity index (χ0) is 16.1. The summed E-state index contributed by atoms with van der Waals surface area (Å²) in [4.78, 5) is 16.3. The first-order valence-electron chi connectivity index (χ1n) is 7.50. The van der Waals surface area contributed by atoms with Crippen molar-refractivity contribution in [3.63, 3.8) is 0 Å². The van der Waals surface area contributed by atoms with Gasteiger partial charge in [-0.1, -0.05) is 11.3 Å². The monoisotopic (exact) mass is 333 g/mol. The standard InChI is InChI=1S/C15H19N5O2S/c1-19-7-3-8-20(10-9-19)15(21)16-14-18-17-13(23-14)6-5-12-4-2-11-22-12/h2,4-6,11H,3,7-10H2,1H3,(H,16,18,21). The van der Waals surface area contributed by atoms with Crippen LogP contribution in [0.4, 0.5) is 9.93 Å². The molecule has 0 unspecified atom stereocenters. The van der Waals surface area contributed by atoms with Crippen molar-refractivity contribution in [1.82, 2.24) is 20.0 Å². The molecular weight excluding hydrogens is 314 g/mol. The summed E-state index contributed by atoms with van der Waals surface area (Å²) in [5, 5.41) is 12.1. The molecule has 0 spiro atoms. The van der Waals surface area contributed by atoms with Crippen molar-refractivity contribution in [1.29, 1.82) is 0 Å². The van der Waals surface area contributed by atoms with Gasteiger partial charge in [0.05, 0.1) is 6.26 Å². The summed E-state index contributed by atoms with van der Waals surface area (Å²) in [6.07, 6.45) is 6.23. The highest BCUT2D eigenvalue weighted by Crippen LogP contribution is 2.18. The smallest absolute Gasteiger partial charge is 0.323 e. The Hall–Kier alpha value is -2.19. The van der Waals surface area contributed by atoms with Crippen LogP contribution < -0.4 is 5.32 Å². The third-order valence-electron chi connectivity index (χ3n) is 3.59. The number of furan rings is 1. The van der Waals surface area contributed by atoms with Gasteiger partial charge in [0, 0.05) is 19.6 Å². The maximum atomic E-state index is 12.3. The van der Waals surface area contributed by atoms with E-state index in [1.807, 2.05) is 29.2 Å². The molecule has 1 aliphatic rings. The van der Waals surface area contributed by atoms with E-state index in [1.165, 1.54) is 11.3 Å². The van der Waals surface area contributed by atoms with Crippen molar-refractivity contribution in [2.45, 2.75) is 6.42 Å². The second kappa shape index (κ2) is 7.38. The topological polar surface area (TPSA) is 74.5 Å². The molecule has 7 nitrogen and oxygen atoms in total. The van der Waals surface area contributed by atoms with E-state index in [0.717, 1.165) is 38.4 Å². The second-order valence-corrected chi connectivity index (χ2v) is 6.38. The fraction of sp³-hybridized carbons (Fsp3) is 0.400. The summed E-state index contributed by atoms with van der Waals surface area (Å²) in [6.45, 7) is 3.40. The Morgan fingerprint density at radius 2 is 2.22 bits per heavy atom. The van der Waals surface area contributed by atoms with E-state index in [2.05, 4.69) is 27.5 Å². The number of nitrogens with one attached hydrogen (secondary N) is 1. The van der Waals surface area contributed by atoms with Crippen LogP contribution in [-0.4, -0.2) is 59.3 Å². The lowest BCUT2D eigenvalue weighted by molar-refractivity contribution is 0.213. The van der Waals surface area contributed by atoms with E-state index in [1.54, 1.807) is 6.26 Å². The third-order valence-corrected chi connectivity index (χ3v) is 4.40. The van der Waals surface area contributed by atoms with Crippen molar-refractivity contribution in [3.8, 4) is 0 Å². The summed E-state index contributed by atoms with van der Waals surface area (Å²) >= 11 is 1.33. The predicted octanol–water partition coefficient (Wildman–Crippen LogP) is 2.47. The molecule has 1 N–H and O–H groups in total. The third kappa shape index (κ3) is 4.40. The molecule has 3 heterocycles. The molecule has 3 rings (SSSR count). The molecule has 2 amide bonds. The molecule has 0 aliphatic carbocycles.